The third-order valence-electron chi connectivity index (χ3n) is 7.87. The van der Waals surface area contributed by atoms with Gasteiger partial charge in [-0.25, -0.2) is 13.9 Å². The SMILES string of the molecule is Cc1cc(C2CCN(C(=O)[C@@H]3CN(OC(=O)C(F)(F)F)C[C@H]3c3ccccc3C)CC2)n(-c2ccc(F)c(Cl)c2)n1. The molecule has 3 heterocycles. The maximum atomic E-state index is 13.8. The fourth-order valence-corrected chi connectivity index (χ4v) is 6.02. The van der Waals surface area contributed by atoms with Crippen LogP contribution in [-0.2, 0) is 14.4 Å². The first-order valence-corrected chi connectivity index (χ1v) is 13.7. The van der Waals surface area contributed by atoms with Crippen LogP contribution in [0.1, 0.15) is 47.2 Å². The topological polar surface area (TPSA) is 67.7 Å². The zero-order chi connectivity index (χ0) is 29.5. The number of aryl methyl sites for hydroxylation is 2. The fraction of sp³-hybridized carbons (Fsp3) is 0.414. The van der Waals surface area contributed by atoms with Gasteiger partial charge in [0.05, 0.1) is 22.3 Å². The molecule has 0 bridgehead atoms. The highest BCUT2D eigenvalue weighted by atomic mass is 35.5. The Balaban J connectivity index is 1.32. The predicted molar refractivity (Wildman–Crippen MR) is 143 cm³/mol. The molecule has 0 N–H and O–H groups in total. The maximum absolute atomic E-state index is 13.8. The molecule has 41 heavy (non-hydrogen) atoms. The number of benzene rings is 2. The summed E-state index contributed by atoms with van der Waals surface area (Å²) in [4.78, 5) is 31.7. The van der Waals surface area contributed by atoms with Crippen LogP contribution in [0.25, 0.3) is 5.69 Å². The van der Waals surface area contributed by atoms with Crippen molar-refractivity contribution in [3.05, 3.63) is 81.9 Å². The van der Waals surface area contributed by atoms with Crippen molar-refractivity contribution in [1.82, 2.24) is 19.7 Å². The second-order valence-electron chi connectivity index (χ2n) is 10.6. The first-order chi connectivity index (χ1) is 19.4. The van der Waals surface area contributed by atoms with Crippen LogP contribution in [0.2, 0.25) is 5.02 Å². The second-order valence-corrected chi connectivity index (χ2v) is 11.0. The molecular weight excluding hydrogens is 564 g/mol. The summed E-state index contributed by atoms with van der Waals surface area (Å²) in [5.74, 6) is -4.04. The van der Waals surface area contributed by atoms with E-state index in [1.807, 2.05) is 44.2 Å². The van der Waals surface area contributed by atoms with Gasteiger partial charge >= 0.3 is 12.1 Å². The van der Waals surface area contributed by atoms with Crippen LogP contribution < -0.4 is 0 Å². The van der Waals surface area contributed by atoms with Gasteiger partial charge in [0.1, 0.15) is 5.82 Å². The molecule has 0 spiro atoms. The number of amides is 1. The molecular formula is C29H29ClF4N4O3. The standard InChI is InChI=1S/C29H29ClF4N4O3/c1-17-5-3-4-6-21(17)22-15-37(41-28(40)29(32,33)34)16-23(22)27(39)36-11-9-19(10-12-36)26-13-18(2)35-38(26)20-7-8-25(31)24(30)14-20/h3-8,13-14,19,22-23H,9-12,15-16H2,1-2H3/t22-,23+/m0/s1. The Hall–Kier alpha value is -3.44. The summed E-state index contributed by atoms with van der Waals surface area (Å²) in [7, 11) is 0. The van der Waals surface area contributed by atoms with Crippen molar-refractivity contribution in [2.45, 2.75) is 44.7 Å². The lowest BCUT2D eigenvalue weighted by atomic mass is 9.84. The Morgan fingerprint density at radius 2 is 1.73 bits per heavy atom. The minimum atomic E-state index is -5.13. The Kier molecular flexibility index (Phi) is 8.11. The summed E-state index contributed by atoms with van der Waals surface area (Å²) in [5, 5.41) is 5.53. The number of hydrogen-bond acceptors (Lipinski definition) is 5. The van der Waals surface area contributed by atoms with Crippen LogP contribution in [-0.4, -0.2) is 64.0 Å². The molecule has 0 unspecified atom stereocenters. The van der Waals surface area contributed by atoms with Crippen LogP contribution in [0.5, 0.6) is 0 Å². The van der Waals surface area contributed by atoms with E-state index < -0.39 is 29.8 Å². The average Bonchev–Trinajstić information content (AvgIpc) is 3.53. The van der Waals surface area contributed by atoms with Crippen LogP contribution >= 0.6 is 11.6 Å². The number of aromatic nitrogens is 2. The minimum absolute atomic E-state index is 0.00301. The summed E-state index contributed by atoms with van der Waals surface area (Å²) in [6.07, 6.45) is -3.85. The van der Waals surface area contributed by atoms with Gasteiger partial charge < -0.3 is 9.74 Å². The van der Waals surface area contributed by atoms with E-state index in [-0.39, 0.29) is 29.9 Å². The second kappa shape index (κ2) is 11.4. The molecule has 1 amide bonds. The van der Waals surface area contributed by atoms with Gasteiger partial charge in [0.2, 0.25) is 5.91 Å². The Morgan fingerprint density at radius 3 is 2.39 bits per heavy atom. The molecule has 2 atom stereocenters. The molecule has 218 valence electrons. The quantitative estimate of drug-likeness (QED) is 0.354. The van der Waals surface area contributed by atoms with Gasteiger partial charge in [-0.2, -0.15) is 18.3 Å². The van der Waals surface area contributed by atoms with Gasteiger partial charge in [-0.1, -0.05) is 35.9 Å². The van der Waals surface area contributed by atoms with Crippen LogP contribution in [0.3, 0.4) is 0 Å². The first-order valence-electron chi connectivity index (χ1n) is 13.3. The molecule has 2 aliphatic heterocycles. The number of hydrogen-bond donors (Lipinski definition) is 0. The van der Waals surface area contributed by atoms with Crippen molar-refractivity contribution in [2.75, 3.05) is 26.2 Å². The number of alkyl halides is 3. The van der Waals surface area contributed by atoms with E-state index in [1.165, 1.54) is 12.1 Å². The number of rotatable bonds is 5. The molecule has 0 radical (unpaired) electrons. The molecule has 12 heteroatoms. The van der Waals surface area contributed by atoms with Crippen molar-refractivity contribution in [2.24, 2.45) is 5.92 Å². The number of halogens is 5. The lowest BCUT2D eigenvalue weighted by molar-refractivity contribution is -0.235. The smallest absolute Gasteiger partial charge is 0.361 e. The van der Waals surface area contributed by atoms with E-state index >= 15 is 0 Å². The van der Waals surface area contributed by atoms with E-state index in [9.17, 15) is 27.2 Å². The lowest BCUT2D eigenvalue weighted by Crippen LogP contribution is -2.43. The molecule has 3 aromatic rings. The van der Waals surface area contributed by atoms with Crippen LogP contribution in [0, 0.1) is 25.6 Å². The van der Waals surface area contributed by atoms with Gasteiger partial charge in [0.15, 0.2) is 0 Å². The third-order valence-corrected chi connectivity index (χ3v) is 8.16. The Labute approximate surface area is 239 Å². The summed E-state index contributed by atoms with van der Waals surface area (Å²) >= 11 is 6.00. The zero-order valence-electron chi connectivity index (χ0n) is 22.5. The van der Waals surface area contributed by atoms with Crippen LogP contribution in [0.15, 0.2) is 48.5 Å². The van der Waals surface area contributed by atoms with Gasteiger partial charge in [-0.15, -0.1) is 5.06 Å². The van der Waals surface area contributed by atoms with Gasteiger partial charge in [-0.3, -0.25) is 4.79 Å². The van der Waals surface area contributed by atoms with Crippen molar-refractivity contribution in [3.63, 3.8) is 0 Å². The minimum Gasteiger partial charge on any atom is -0.361 e. The van der Waals surface area contributed by atoms with Crippen LogP contribution in [0.4, 0.5) is 17.6 Å². The third kappa shape index (κ3) is 6.11. The summed E-state index contributed by atoms with van der Waals surface area (Å²) < 4.78 is 54.1. The van der Waals surface area contributed by atoms with Gasteiger partial charge in [0.25, 0.3) is 0 Å². The Bertz CT molecular complexity index is 1450. The Morgan fingerprint density at radius 1 is 1.02 bits per heavy atom. The molecule has 5 rings (SSSR count). The lowest BCUT2D eigenvalue weighted by Gasteiger charge is -2.35. The zero-order valence-corrected chi connectivity index (χ0v) is 23.3. The molecule has 7 nitrogen and oxygen atoms in total. The molecule has 0 saturated carbocycles. The molecule has 2 aromatic carbocycles. The van der Waals surface area contributed by atoms with Crippen molar-refractivity contribution < 1.29 is 32.0 Å². The number of likely N-dealkylation sites (tertiary alicyclic amines) is 1. The molecule has 2 saturated heterocycles. The highest BCUT2D eigenvalue weighted by Gasteiger charge is 2.47. The largest absolute Gasteiger partial charge is 0.492 e. The molecule has 2 aliphatic rings. The molecule has 0 aliphatic carbocycles. The number of piperidine rings is 1. The van der Waals surface area contributed by atoms with Gasteiger partial charge in [0, 0.05) is 43.7 Å². The summed E-state index contributed by atoms with van der Waals surface area (Å²) in [5.41, 5.74) is 4.10. The fourth-order valence-electron chi connectivity index (χ4n) is 5.84. The molecule has 1 aromatic heterocycles. The first kappa shape index (κ1) is 29.1. The van der Waals surface area contributed by atoms with Crippen molar-refractivity contribution in [3.8, 4) is 5.69 Å². The summed E-state index contributed by atoms with van der Waals surface area (Å²) in [6, 6.07) is 13.8. The number of nitrogens with zero attached hydrogens (tertiary/aromatic N) is 4. The van der Waals surface area contributed by atoms with Crippen molar-refractivity contribution >= 4 is 23.5 Å². The predicted octanol–water partition coefficient (Wildman–Crippen LogP) is 5.72. The number of carbonyl (C=O) groups excluding carboxylic acids is 2. The average molecular weight is 593 g/mol. The number of hydroxylamine groups is 2. The highest BCUT2D eigenvalue weighted by molar-refractivity contribution is 6.30. The van der Waals surface area contributed by atoms with E-state index in [2.05, 4.69) is 9.94 Å². The number of carbonyl (C=O) groups is 2. The van der Waals surface area contributed by atoms with E-state index in [0.717, 1.165) is 27.6 Å². The highest BCUT2D eigenvalue weighted by Crippen LogP contribution is 2.38. The van der Waals surface area contributed by atoms with E-state index in [1.54, 1.807) is 15.6 Å². The van der Waals surface area contributed by atoms with E-state index in [0.29, 0.717) is 31.6 Å². The molecule has 2 fully saturated rings. The summed E-state index contributed by atoms with van der Waals surface area (Å²) in [6.45, 7) is 4.49. The maximum Gasteiger partial charge on any atom is 0.492 e. The monoisotopic (exact) mass is 592 g/mol. The van der Waals surface area contributed by atoms with E-state index in [4.69, 9.17) is 11.6 Å². The normalized spacial score (nSPS) is 20.4. The van der Waals surface area contributed by atoms with Crippen molar-refractivity contribution in [1.29, 1.82) is 0 Å². The van der Waals surface area contributed by atoms with Gasteiger partial charge in [-0.05, 0) is 62.1 Å².